The Morgan fingerprint density at radius 2 is 1.87 bits per heavy atom. The third-order valence-electron chi connectivity index (χ3n) is 6.88. The van der Waals surface area contributed by atoms with E-state index in [2.05, 4.69) is 35.0 Å². The third-order valence-corrected chi connectivity index (χ3v) is 6.88. The Labute approximate surface area is 218 Å². The first-order valence-electron chi connectivity index (χ1n) is 12.7. The molecule has 0 radical (unpaired) electrons. The van der Waals surface area contributed by atoms with Crippen LogP contribution in [-0.4, -0.2) is 75.8 Å². The molecule has 0 aliphatic carbocycles. The lowest BCUT2D eigenvalue weighted by Gasteiger charge is -2.15. The number of nitrogens with one attached hydrogen (secondary N) is 2. The molecule has 38 heavy (non-hydrogen) atoms. The summed E-state index contributed by atoms with van der Waals surface area (Å²) in [7, 11) is 0. The first-order valence-corrected chi connectivity index (χ1v) is 12.7. The Morgan fingerprint density at radius 1 is 0.974 bits per heavy atom. The van der Waals surface area contributed by atoms with E-state index in [0.29, 0.717) is 18.1 Å². The van der Waals surface area contributed by atoms with Gasteiger partial charge in [-0.15, -0.1) is 0 Å². The zero-order valence-corrected chi connectivity index (χ0v) is 20.9. The van der Waals surface area contributed by atoms with E-state index in [0.717, 1.165) is 70.1 Å². The van der Waals surface area contributed by atoms with E-state index in [-0.39, 0.29) is 0 Å². The highest BCUT2D eigenvalue weighted by atomic mass is 16.5. The molecule has 0 aromatic carbocycles. The van der Waals surface area contributed by atoms with Gasteiger partial charge in [0.2, 0.25) is 0 Å². The third kappa shape index (κ3) is 4.16. The van der Waals surface area contributed by atoms with Gasteiger partial charge in [0.25, 0.3) is 0 Å². The highest BCUT2D eigenvalue weighted by Gasteiger charge is 2.18. The van der Waals surface area contributed by atoms with Gasteiger partial charge < -0.3 is 14.3 Å². The van der Waals surface area contributed by atoms with Crippen molar-refractivity contribution in [1.82, 2.24) is 49.6 Å². The smallest absolute Gasteiger partial charge is 0.161 e. The maximum absolute atomic E-state index is 6.00. The van der Waals surface area contributed by atoms with Gasteiger partial charge in [0, 0.05) is 24.5 Å². The van der Waals surface area contributed by atoms with E-state index < -0.39 is 0 Å². The SMILES string of the molecule is Cc1cn(-c2cncc3[nH]c(-c4n[nH]c5ccc(-c6cncc(OCCN7CCCC7)c6)nc45)nc23)cn1. The van der Waals surface area contributed by atoms with Crippen LogP contribution in [0.25, 0.3) is 50.5 Å². The predicted molar refractivity (Wildman–Crippen MR) is 143 cm³/mol. The fraction of sp³-hybridized carbons (Fsp3) is 0.259. The molecule has 0 atom stereocenters. The van der Waals surface area contributed by atoms with Crippen molar-refractivity contribution in [2.45, 2.75) is 19.8 Å². The number of aromatic nitrogens is 9. The quantitative estimate of drug-likeness (QED) is 0.334. The van der Waals surface area contributed by atoms with Crippen molar-refractivity contribution in [1.29, 1.82) is 0 Å². The molecule has 0 saturated carbocycles. The summed E-state index contributed by atoms with van der Waals surface area (Å²) < 4.78 is 7.92. The molecule has 11 heteroatoms. The number of aromatic amines is 2. The molecule has 0 unspecified atom stereocenters. The fourth-order valence-electron chi connectivity index (χ4n) is 4.93. The van der Waals surface area contributed by atoms with Crippen LogP contribution in [0.15, 0.2) is 55.5 Å². The number of hydrogen-bond acceptors (Lipinski definition) is 8. The second-order valence-electron chi connectivity index (χ2n) is 9.53. The number of aryl methyl sites for hydroxylation is 1. The Bertz CT molecular complexity index is 1740. The molecule has 1 aliphatic heterocycles. The molecule has 11 nitrogen and oxygen atoms in total. The normalized spacial score (nSPS) is 14.1. The topological polar surface area (TPSA) is 126 Å². The first kappa shape index (κ1) is 22.5. The van der Waals surface area contributed by atoms with Crippen LogP contribution in [0.1, 0.15) is 18.5 Å². The van der Waals surface area contributed by atoms with Crippen molar-refractivity contribution in [3.63, 3.8) is 0 Å². The van der Waals surface area contributed by atoms with Crippen LogP contribution >= 0.6 is 0 Å². The average molecular weight is 507 g/mol. The van der Waals surface area contributed by atoms with E-state index in [1.807, 2.05) is 35.9 Å². The predicted octanol–water partition coefficient (Wildman–Crippen LogP) is 3.93. The van der Waals surface area contributed by atoms with Crippen molar-refractivity contribution in [3.05, 3.63) is 61.2 Å². The van der Waals surface area contributed by atoms with Gasteiger partial charge in [-0.05, 0) is 51.1 Å². The minimum Gasteiger partial charge on any atom is -0.491 e. The summed E-state index contributed by atoms with van der Waals surface area (Å²) in [5.41, 5.74) is 7.18. The molecular weight excluding hydrogens is 480 g/mol. The van der Waals surface area contributed by atoms with Gasteiger partial charge in [0.1, 0.15) is 23.4 Å². The van der Waals surface area contributed by atoms with Crippen LogP contribution in [-0.2, 0) is 0 Å². The fourth-order valence-corrected chi connectivity index (χ4v) is 4.93. The monoisotopic (exact) mass is 506 g/mol. The van der Waals surface area contributed by atoms with E-state index >= 15 is 0 Å². The number of rotatable bonds is 7. The molecule has 6 aromatic rings. The lowest BCUT2D eigenvalue weighted by Crippen LogP contribution is -2.25. The number of H-pyrrole nitrogens is 2. The largest absolute Gasteiger partial charge is 0.491 e. The first-order chi connectivity index (χ1) is 18.7. The van der Waals surface area contributed by atoms with Crippen LogP contribution in [0.4, 0.5) is 0 Å². The van der Waals surface area contributed by atoms with Gasteiger partial charge in [-0.1, -0.05) is 0 Å². The summed E-state index contributed by atoms with van der Waals surface area (Å²) in [6.07, 6.45) is 13.3. The van der Waals surface area contributed by atoms with E-state index in [1.54, 1.807) is 31.1 Å². The maximum atomic E-state index is 6.00. The van der Waals surface area contributed by atoms with Gasteiger partial charge in [0.15, 0.2) is 11.5 Å². The molecule has 6 aromatic heterocycles. The molecule has 7 rings (SSSR count). The number of nitrogens with zero attached hydrogens (tertiary/aromatic N) is 8. The van der Waals surface area contributed by atoms with Crippen molar-refractivity contribution in [2.24, 2.45) is 0 Å². The molecular formula is C27H26N10O. The zero-order chi connectivity index (χ0) is 25.5. The molecule has 7 heterocycles. The van der Waals surface area contributed by atoms with Crippen LogP contribution in [0, 0.1) is 6.92 Å². The van der Waals surface area contributed by atoms with Crippen LogP contribution in [0.2, 0.25) is 0 Å². The van der Waals surface area contributed by atoms with Crippen molar-refractivity contribution < 1.29 is 4.74 Å². The lowest BCUT2D eigenvalue weighted by atomic mass is 10.1. The van der Waals surface area contributed by atoms with Crippen molar-refractivity contribution in [3.8, 4) is 34.2 Å². The minimum atomic E-state index is 0.610. The molecule has 1 aliphatic rings. The van der Waals surface area contributed by atoms with Crippen LogP contribution in [0.5, 0.6) is 5.75 Å². The lowest BCUT2D eigenvalue weighted by molar-refractivity contribution is 0.237. The molecule has 2 N–H and O–H groups in total. The summed E-state index contributed by atoms with van der Waals surface area (Å²) in [5.74, 6) is 1.35. The highest BCUT2D eigenvalue weighted by Crippen LogP contribution is 2.29. The van der Waals surface area contributed by atoms with E-state index in [1.165, 1.54) is 12.8 Å². The van der Waals surface area contributed by atoms with Crippen LogP contribution < -0.4 is 4.74 Å². The summed E-state index contributed by atoms with van der Waals surface area (Å²) in [5, 5.41) is 7.61. The summed E-state index contributed by atoms with van der Waals surface area (Å²) in [6, 6.07) is 5.91. The Morgan fingerprint density at radius 3 is 2.74 bits per heavy atom. The van der Waals surface area contributed by atoms with Gasteiger partial charge in [-0.3, -0.25) is 20.0 Å². The van der Waals surface area contributed by atoms with Gasteiger partial charge in [-0.2, -0.15) is 5.10 Å². The maximum Gasteiger partial charge on any atom is 0.161 e. The number of imidazole rings is 2. The van der Waals surface area contributed by atoms with Gasteiger partial charge in [0.05, 0.1) is 53.0 Å². The van der Waals surface area contributed by atoms with Gasteiger partial charge >= 0.3 is 0 Å². The summed E-state index contributed by atoms with van der Waals surface area (Å²) >= 11 is 0. The van der Waals surface area contributed by atoms with E-state index in [9.17, 15) is 0 Å². The highest BCUT2D eigenvalue weighted by molar-refractivity contribution is 5.92. The second-order valence-corrected chi connectivity index (χ2v) is 9.53. The van der Waals surface area contributed by atoms with Crippen molar-refractivity contribution in [2.75, 3.05) is 26.2 Å². The van der Waals surface area contributed by atoms with E-state index in [4.69, 9.17) is 14.7 Å². The van der Waals surface area contributed by atoms with Gasteiger partial charge in [-0.25, -0.2) is 15.0 Å². The molecule has 190 valence electrons. The van der Waals surface area contributed by atoms with Crippen molar-refractivity contribution >= 4 is 22.1 Å². The Kier molecular flexibility index (Phi) is 5.54. The standard InChI is InChI=1S/C27H26N10O/c1-17-15-37(16-30-17)23-14-29-13-22-24(23)33-27(32-22)26-25-21(34-35-26)5-4-20(31-25)18-10-19(12-28-11-18)38-9-8-36-6-2-3-7-36/h4-5,10-16H,2-3,6-9H2,1H3,(H,32,33)(H,34,35). The minimum absolute atomic E-state index is 0.610. The molecule has 0 bridgehead atoms. The second kappa shape index (κ2) is 9.34. The molecule has 1 fully saturated rings. The number of likely N-dealkylation sites (tertiary alicyclic amines) is 1. The summed E-state index contributed by atoms with van der Waals surface area (Å²) in [6.45, 7) is 5.84. The molecule has 0 amide bonds. The zero-order valence-electron chi connectivity index (χ0n) is 20.9. The Balaban J connectivity index is 1.20. The van der Waals surface area contributed by atoms with Crippen LogP contribution in [0.3, 0.4) is 0 Å². The number of fused-ring (bicyclic) bond motifs is 2. The summed E-state index contributed by atoms with van der Waals surface area (Å²) in [4.78, 5) is 28.7. The number of hydrogen-bond donors (Lipinski definition) is 2. The Hall–Kier alpha value is -4.64. The molecule has 1 saturated heterocycles. The average Bonchev–Trinajstić information content (AvgIpc) is 3.74. The number of pyridine rings is 3. The molecule has 0 spiro atoms. The number of ether oxygens (including phenoxy) is 1.